The Hall–Kier alpha value is -2.73. The number of carboxylic acids is 1. The van der Waals surface area contributed by atoms with Crippen LogP contribution in [0.4, 0.5) is 0 Å². The summed E-state index contributed by atoms with van der Waals surface area (Å²) in [5, 5.41) is 9.35. The van der Waals surface area contributed by atoms with Crippen LogP contribution < -0.4 is 0 Å². The van der Waals surface area contributed by atoms with Crippen LogP contribution in [0.1, 0.15) is 44.8 Å². The van der Waals surface area contributed by atoms with Gasteiger partial charge in [-0.15, -0.1) is 0 Å². The van der Waals surface area contributed by atoms with Gasteiger partial charge in [-0.3, -0.25) is 14.7 Å². The van der Waals surface area contributed by atoms with Gasteiger partial charge >= 0.3 is 5.97 Å². The fraction of sp³-hybridized carbons (Fsp3) is 0.350. The largest absolute Gasteiger partial charge is 0.478 e. The number of carbonyl (C=O) groups excluding carboxylic acids is 1. The van der Waals surface area contributed by atoms with Crippen LogP contribution in [-0.2, 0) is 13.1 Å². The normalized spacial score (nSPS) is 18.2. The first-order chi connectivity index (χ1) is 12.6. The van der Waals surface area contributed by atoms with E-state index in [0.29, 0.717) is 12.1 Å². The molecule has 6 heteroatoms. The molecule has 0 saturated carbocycles. The smallest absolute Gasteiger partial charge is 0.336 e. The Morgan fingerprint density at radius 3 is 2.65 bits per heavy atom. The summed E-state index contributed by atoms with van der Waals surface area (Å²) in [4.78, 5) is 32.8. The van der Waals surface area contributed by atoms with Crippen molar-refractivity contribution in [3.05, 3.63) is 65.0 Å². The van der Waals surface area contributed by atoms with E-state index in [0.717, 1.165) is 43.7 Å². The number of fused-ring (bicyclic) bond motifs is 1. The van der Waals surface area contributed by atoms with Gasteiger partial charge in [-0.1, -0.05) is 18.2 Å². The van der Waals surface area contributed by atoms with E-state index in [2.05, 4.69) is 9.88 Å². The average Bonchev–Trinajstić information content (AvgIpc) is 3.00. The molecule has 2 aromatic rings. The Kier molecular flexibility index (Phi) is 4.42. The Morgan fingerprint density at radius 1 is 1.15 bits per heavy atom. The quantitative estimate of drug-likeness (QED) is 0.916. The van der Waals surface area contributed by atoms with E-state index in [-0.39, 0.29) is 17.5 Å². The second-order valence-electron chi connectivity index (χ2n) is 6.91. The second-order valence-corrected chi connectivity index (χ2v) is 6.91. The third kappa shape index (κ3) is 3.08. The molecule has 6 nitrogen and oxygen atoms in total. The van der Waals surface area contributed by atoms with Crippen molar-refractivity contribution in [3.8, 4) is 0 Å². The van der Waals surface area contributed by atoms with Crippen LogP contribution in [0.5, 0.6) is 0 Å². The van der Waals surface area contributed by atoms with Gasteiger partial charge in [0, 0.05) is 38.4 Å². The van der Waals surface area contributed by atoms with Gasteiger partial charge in [-0.25, -0.2) is 4.79 Å². The molecule has 4 rings (SSSR count). The molecule has 1 fully saturated rings. The van der Waals surface area contributed by atoms with E-state index in [1.807, 2.05) is 35.4 Å². The lowest BCUT2D eigenvalue weighted by Gasteiger charge is -2.36. The van der Waals surface area contributed by atoms with E-state index >= 15 is 0 Å². The van der Waals surface area contributed by atoms with E-state index in [4.69, 9.17) is 0 Å². The van der Waals surface area contributed by atoms with E-state index < -0.39 is 5.97 Å². The number of aromatic nitrogens is 1. The molecule has 0 atom stereocenters. The zero-order valence-electron chi connectivity index (χ0n) is 14.5. The van der Waals surface area contributed by atoms with Crippen molar-refractivity contribution in [1.82, 2.24) is 14.8 Å². The van der Waals surface area contributed by atoms with Crippen LogP contribution in [0.15, 0.2) is 42.6 Å². The predicted molar refractivity (Wildman–Crippen MR) is 95.8 cm³/mol. The summed E-state index contributed by atoms with van der Waals surface area (Å²) in [6.07, 6.45) is 3.60. The van der Waals surface area contributed by atoms with E-state index in [1.54, 1.807) is 6.07 Å². The highest BCUT2D eigenvalue weighted by Crippen LogP contribution is 2.30. The Balaban J connectivity index is 1.42. The fourth-order valence-corrected chi connectivity index (χ4v) is 3.97. The molecule has 2 aliphatic heterocycles. The van der Waals surface area contributed by atoms with Crippen molar-refractivity contribution in [2.75, 3.05) is 13.1 Å². The molecule has 134 valence electrons. The molecule has 1 amide bonds. The number of hydrogen-bond donors (Lipinski definition) is 1. The van der Waals surface area contributed by atoms with Gasteiger partial charge < -0.3 is 10.0 Å². The Bertz CT molecular complexity index is 829. The summed E-state index contributed by atoms with van der Waals surface area (Å²) in [6.45, 7) is 3.16. The molecule has 3 heterocycles. The van der Waals surface area contributed by atoms with Gasteiger partial charge in [0.1, 0.15) is 0 Å². The molecule has 0 radical (unpaired) electrons. The zero-order chi connectivity index (χ0) is 18.1. The maximum Gasteiger partial charge on any atom is 0.336 e. The van der Waals surface area contributed by atoms with Crippen molar-refractivity contribution >= 4 is 11.9 Å². The highest BCUT2D eigenvalue weighted by atomic mass is 16.4. The number of benzene rings is 1. The van der Waals surface area contributed by atoms with E-state index in [1.165, 1.54) is 6.07 Å². The van der Waals surface area contributed by atoms with Crippen LogP contribution >= 0.6 is 0 Å². The first-order valence-corrected chi connectivity index (χ1v) is 8.92. The maximum atomic E-state index is 12.8. The maximum absolute atomic E-state index is 12.8. The van der Waals surface area contributed by atoms with Gasteiger partial charge in [0.15, 0.2) is 0 Å². The van der Waals surface area contributed by atoms with Gasteiger partial charge in [0.05, 0.1) is 16.8 Å². The lowest BCUT2D eigenvalue weighted by Crippen LogP contribution is -2.44. The molecule has 0 aliphatic carbocycles. The molecule has 1 saturated heterocycles. The molecule has 1 aromatic carbocycles. The summed E-state index contributed by atoms with van der Waals surface area (Å²) in [5.74, 6) is -1.18. The SMILES string of the molecule is O=C(O)c1cccc2c1C(=O)N(C1CCN(Cc3ccccn3)CC1)C2. The van der Waals surface area contributed by atoms with Crippen LogP contribution in [0.3, 0.4) is 0 Å². The summed E-state index contributed by atoms with van der Waals surface area (Å²) in [6, 6.07) is 11.2. The molecule has 2 aliphatic rings. The summed E-state index contributed by atoms with van der Waals surface area (Å²) in [7, 11) is 0. The summed E-state index contributed by atoms with van der Waals surface area (Å²) < 4.78 is 0. The Labute approximate surface area is 152 Å². The first kappa shape index (κ1) is 16.7. The average molecular weight is 351 g/mol. The van der Waals surface area contributed by atoms with Crippen molar-refractivity contribution in [3.63, 3.8) is 0 Å². The molecule has 1 N–H and O–H groups in total. The number of piperidine rings is 1. The monoisotopic (exact) mass is 351 g/mol. The molecule has 0 spiro atoms. The number of hydrogen-bond acceptors (Lipinski definition) is 4. The number of carboxylic acid groups (broad SMARTS) is 1. The number of amides is 1. The summed E-state index contributed by atoms with van der Waals surface area (Å²) >= 11 is 0. The minimum Gasteiger partial charge on any atom is -0.478 e. The molecule has 1 aromatic heterocycles. The molecule has 26 heavy (non-hydrogen) atoms. The number of carbonyl (C=O) groups is 2. The van der Waals surface area contributed by atoms with Crippen LogP contribution in [0.2, 0.25) is 0 Å². The highest BCUT2D eigenvalue weighted by molar-refractivity contribution is 6.07. The van der Waals surface area contributed by atoms with Crippen LogP contribution in [0.25, 0.3) is 0 Å². The van der Waals surface area contributed by atoms with Crippen molar-refractivity contribution < 1.29 is 14.7 Å². The fourth-order valence-electron chi connectivity index (χ4n) is 3.97. The number of aromatic carboxylic acids is 1. The second kappa shape index (κ2) is 6.88. The predicted octanol–water partition coefficient (Wildman–Crippen LogP) is 2.40. The third-order valence-electron chi connectivity index (χ3n) is 5.31. The van der Waals surface area contributed by atoms with Gasteiger partial charge in [0.25, 0.3) is 5.91 Å². The number of likely N-dealkylation sites (tertiary alicyclic amines) is 1. The highest BCUT2D eigenvalue weighted by Gasteiger charge is 2.36. The first-order valence-electron chi connectivity index (χ1n) is 8.92. The Morgan fingerprint density at radius 2 is 1.96 bits per heavy atom. The number of pyridine rings is 1. The lowest BCUT2D eigenvalue weighted by molar-refractivity contribution is 0.0579. The molecule has 0 unspecified atom stereocenters. The van der Waals surface area contributed by atoms with Gasteiger partial charge in [-0.2, -0.15) is 0 Å². The summed E-state index contributed by atoms with van der Waals surface area (Å²) in [5.41, 5.74) is 2.37. The molecular weight excluding hydrogens is 330 g/mol. The number of nitrogens with zero attached hydrogens (tertiary/aromatic N) is 3. The molecular formula is C20H21N3O3. The van der Waals surface area contributed by atoms with Crippen LogP contribution in [0, 0.1) is 0 Å². The zero-order valence-corrected chi connectivity index (χ0v) is 14.5. The van der Waals surface area contributed by atoms with Gasteiger partial charge in [0.2, 0.25) is 0 Å². The minimum absolute atomic E-state index is 0.114. The number of rotatable bonds is 4. The van der Waals surface area contributed by atoms with Crippen molar-refractivity contribution in [2.45, 2.75) is 32.0 Å². The van der Waals surface area contributed by atoms with Gasteiger partial charge in [-0.05, 0) is 36.6 Å². The lowest BCUT2D eigenvalue weighted by atomic mass is 10.0. The third-order valence-corrected chi connectivity index (χ3v) is 5.31. The van der Waals surface area contributed by atoms with Crippen molar-refractivity contribution in [2.24, 2.45) is 0 Å². The standard InChI is InChI=1S/C20H21N3O3/c24-19-18-14(4-3-6-17(18)20(25)26)12-23(19)16-7-10-22(11-8-16)13-15-5-1-2-9-21-15/h1-6,9,16H,7-8,10-13H2,(H,25,26). The minimum atomic E-state index is -1.04. The topological polar surface area (TPSA) is 73.7 Å². The van der Waals surface area contributed by atoms with E-state index in [9.17, 15) is 14.7 Å². The molecule has 0 bridgehead atoms. The van der Waals surface area contributed by atoms with Crippen molar-refractivity contribution in [1.29, 1.82) is 0 Å². The van der Waals surface area contributed by atoms with Crippen LogP contribution in [-0.4, -0.2) is 50.9 Å².